The zero-order valence-electron chi connectivity index (χ0n) is 19.4. The molecular weight excluding hydrogens is 440 g/mol. The summed E-state index contributed by atoms with van der Waals surface area (Å²) in [5, 5.41) is 15.2. The molecule has 0 spiro atoms. The van der Waals surface area contributed by atoms with E-state index in [9.17, 15) is 9.59 Å². The zero-order valence-corrected chi connectivity index (χ0v) is 19.4. The number of benzene rings is 2. The highest BCUT2D eigenvalue weighted by atomic mass is 16.5. The number of aryl methyl sites for hydroxylation is 1. The summed E-state index contributed by atoms with van der Waals surface area (Å²) in [4.78, 5) is 25.3. The predicted molar refractivity (Wildman–Crippen MR) is 124 cm³/mol. The highest BCUT2D eigenvalue weighted by Crippen LogP contribution is 2.16. The lowest BCUT2D eigenvalue weighted by Gasteiger charge is -2.03. The van der Waals surface area contributed by atoms with E-state index in [0.717, 1.165) is 16.7 Å². The second kappa shape index (κ2) is 13.4. The lowest BCUT2D eigenvalue weighted by molar-refractivity contribution is -0.141. The molecule has 0 aliphatic rings. The topological polar surface area (TPSA) is 150 Å². The molecular formula is C24H28N4O6. The van der Waals surface area contributed by atoms with Crippen molar-refractivity contribution in [2.45, 2.75) is 33.6 Å². The molecule has 0 aliphatic carbocycles. The Bertz CT molecular complexity index is 1090. The Hall–Kier alpha value is -4.21. The van der Waals surface area contributed by atoms with E-state index in [0.29, 0.717) is 43.3 Å². The second-order valence-corrected chi connectivity index (χ2v) is 7.20. The van der Waals surface area contributed by atoms with E-state index in [1.165, 1.54) is 13.8 Å². The number of nitrogens with two attached hydrogens (primary N) is 1. The summed E-state index contributed by atoms with van der Waals surface area (Å²) in [6.07, 6.45) is 1.35. The Morgan fingerprint density at radius 3 is 1.85 bits per heavy atom. The molecule has 2 aromatic carbocycles. The first-order chi connectivity index (χ1) is 16.3. The van der Waals surface area contributed by atoms with Gasteiger partial charge in [-0.15, -0.1) is 0 Å². The Kier molecular flexibility index (Phi) is 10.2. The van der Waals surface area contributed by atoms with Gasteiger partial charge in [-0.3, -0.25) is 9.59 Å². The standard InChI is InChI=1S/C13H14N2O3.C11H14N2O3/c1-9-14-13(15-18-9)12-5-3-11(4-6-12)7-8-17-10(2)16;1-8(14)16-7-6-9-2-4-10(5-3-9)11(12)13-15/h3-6H,7-8H2,1-2H3;2-5,15H,6-7H2,1H3,(H2,12,13). The molecule has 0 aliphatic heterocycles. The van der Waals surface area contributed by atoms with Gasteiger partial charge in [0.05, 0.1) is 13.2 Å². The minimum absolute atomic E-state index is 0.0755. The van der Waals surface area contributed by atoms with Crippen LogP contribution in [-0.4, -0.2) is 46.3 Å². The Morgan fingerprint density at radius 1 is 0.941 bits per heavy atom. The molecule has 34 heavy (non-hydrogen) atoms. The third kappa shape index (κ3) is 9.11. The van der Waals surface area contributed by atoms with Gasteiger partial charge < -0.3 is 24.9 Å². The molecule has 0 saturated carbocycles. The summed E-state index contributed by atoms with van der Waals surface area (Å²) in [5.41, 5.74) is 9.09. The maximum Gasteiger partial charge on any atom is 0.302 e. The molecule has 3 aromatic rings. The third-order valence-electron chi connectivity index (χ3n) is 4.49. The van der Waals surface area contributed by atoms with Gasteiger partial charge in [0.1, 0.15) is 0 Å². The van der Waals surface area contributed by atoms with Gasteiger partial charge in [-0.25, -0.2) is 0 Å². The number of amidine groups is 1. The van der Waals surface area contributed by atoms with E-state index in [1.807, 2.05) is 36.4 Å². The molecule has 180 valence electrons. The van der Waals surface area contributed by atoms with Crippen molar-refractivity contribution >= 4 is 17.8 Å². The number of oxime groups is 1. The molecule has 10 nitrogen and oxygen atoms in total. The summed E-state index contributed by atoms with van der Waals surface area (Å²) in [7, 11) is 0. The number of carbonyl (C=O) groups is 2. The molecule has 1 heterocycles. The lowest BCUT2D eigenvalue weighted by atomic mass is 10.1. The van der Waals surface area contributed by atoms with Crippen LogP contribution in [0.2, 0.25) is 0 Å². The van der Waals surface area contributed by atoms with Crippen molar-refractivity contribution in [2.75, 3.05) is 13.2 Å². The number of hydrogen-bond donors (Lipinski definition) is 2. The third-order valence-corrected chi connectivity index (χ3v) is 4.49. The van der Waals surface area contributed by atoms with Gasteiger partial charge in [0.25, 0.3) is 0 Å². The van der Waals surface area contributed by atoms with Crippen LogP contribution in [0.5, 0.6) is 0 Å². The fourth-order valence-corrected chi connectivity index (χ4v) is 2.76. The zero-order chi connectivity index (χ0) is 24.9. The van der Waals surface area contributed by atoms with Gasteiger partial charge in [-0.1, -0.05) is 58.8 Å². The van der Waals surface area contributed by atoms with Gasteiger partial charge in [0, 0.05) is 44.7 Å². The molecule has 3 rings (SSSR count). The van der Waals surface area contributed by atoms with Gasteiger partial charge in [-0.2, -0.15) is 4.98 Å². The summed E-state index contributed by atoms with van der Waals surface area (Å²) < 4.78 is 14.6. The van der Waals surface area contributed by atoms with Crippen molar-refractivity contribution < 1.29 is 28.8 Å². The Labute approximate surface area is 197 Å². The molecule has 0 bridgehead atoms. The number of rotatable bonds is 8. The van der Waals surface area contributed by atoms with E-state index < -0.39 is 0 Å². The van der Waals surface area contributed by atoms with Crippen molar-refractivity contribution in [3.8, 4) is 11.4 Å². The van der Waals surface area contributed by atoms with Crippen LogP contribution in [0.1, 0.15) is 36.4 Å². The maximum atomic E-state index is 10.6. The number of hydrogen-bond acceptors (Lipinski definition) is 9. The van der Waals surface area contributed by atoms with Crippen molar-refractivity contribution in [2.24, 2.45) is 10.9 Å². The predicted octanol–water partition coefficient (Wildman–Crippen LogP) is 3.04. The SMILES string of the molecule is CC(=O)OCCc1ccc(-c2noc(C)n2)cc1.CC(=O)OCCc1ccc(C(N)=NO)cc1. The molecule has 0 amide bonds. The number of esters is 2. The molecule has 1 aromatic heterocycles. The summed E-state index contributed by atoms with van der Waals surface area (Å²) in [6, 6.07) is 15.0. The van der Waals surface area contributed by atoms with Crippen LogP contribution < -0.4 is 5.73 Å². The minimum atomic E-state index is -0.284. The van der Waals surface area contributed by atoms with Crippen LogP contribution in [0.4, 0.5) is 0 Å². The smallest absolute Gasteiger partial charge is 0.302 e. The van der Waals surface area contributed by atoms with Crippen LogP contribution >= 0.6 is 0 Å². The average Bonchev–Trinajstić information content (AvgIpc) is 3.26. The van der Waals surface area contributed by atoms with Crippen molar-refractivity contribution in [3.63, 3.8) is 0 Å². The van der Waals surface area contributed by atoms with Gasteiger partial charge in [0.15, 0.2) is 5.84 Å². The van der Waals surface area contributed by atoms with E-state index in [1.54, 1.807) is 19.1 Å². The summed E-state index contributed by atoms with van der Waals surface area (Å²) in [6.45, 7) is 5.29. The average molecular weight is 469 g/mol. The van der Waals surface area contributed by atoms with Crippen LogP contribution in [0.3, 0.4) is 0 Å². The van der Waals surface area contributed by atoms with E-state index in [4.69, 9.17) is 24.9 Å². The van der Waals surface area contributed by atoms with Gasteiger partial charge in [0.2, 0.25) is 11.7 Å². The van der Waals surface area contributed by atoms with Crippen LogP contribution in [-0.2, 0) is 31.9 Å². The fraction of sp³-hybridized carbons (Fsp3) is 0.292. The summed E-state index contributed by atoms with van der Waals surface area (Å²) >= 11 is 0. The first-order valence-corrected chi connectivity index (χ1v) is 10.5. The van der Waals surface area contributed by atoms with Crippen molar-refractivity contribution in [1.82, 2.24) is 10.1 Å². The highest BCUT2D eigenvalue weighted by molar-refractivity contribution is 5.96. The number of aromatic nitrogens is 2. The Morgan fingerprint density at radius 2 is 1.44 bits per heavy atom. The molecule has 0 radical (unpaired) electrons. The van der Waals surface area contributed by atoms with Crippen LogP contribution in [0.15, 0.2) is 58.2 Å². The largest absolute Gasteiger partial charge is 0.466 e. The quantitative estimate of drug-likeness (QED) is 0.167. The maximum absolute atomic E-state index is 10.6. The number of nitrogens with zero attached hydrogens (tertiary/aromatic N) is 3. The normalized spacial score (nSPS) is 10.7. The van der Waals surface area contributed by atoms with Crippen molar-refractivity contribution in [3.05, 3.63) is 71.1 Å². The molecule has 10 heteroatoms. The molecule has 3 N–H and O–H groups in total. The number of ether oxygens (including phenoxy) is 2. The van der Waals surface area contributed by atoms with Gasteiger partial charge in [-0.05, 0) is 11.1 Å². The first kappa shape index (κ1) is 26.0. The van der Waals surface area contributed by atoms with Crippen LogP contribution in [0, 0.1) is 6.92 Å². The molecule has 0 fully saturated rings. The second-order valence-electron chi connectivity index (χ2n) is 7.20. The molecule has 0 atom stereocenters. The lowest BCUT2D eigenvalue weighted by Crippen LogP contribution is -2.12. The molecule has 0 saturated heterocycles. The Balaban J connectivity index is 0.000000242. The fourth-order valence-electron chi connectivity index (χ4n) is 2.76. The van der Waals surface area contributed by atoms with Gasteiger partial charge >= 0.3 is 11.9 Å². The number of carbonyl (C=O) groups excluding carboxylic acids is 2. The first-order valence-electron chi connectivity index (χ1n) is 10.5. The van der Waals surface area contributed by atoms with Crippen molar-refractivity contribution in [1.29, 1.82) is 0 Å². The van der Waals surface area contributed by atoms with Crippen LogP contribution in [0.25, 0.3) is 11.4 Å². The molecule has 0 unspecified atom stereocenters. The van der Waals surface area contributed by atoms with E-state index >= 15 is 0 Å². The summed E-state index contributed by atoms with van der Waals surface area (Å²) in [5.74, 6) is 0.664. The highest BCUT2D eigenvalue weighted by Gasteiger charge is 2.05. The van der Waals surface area contributed by atoms with E-state index in [-0.39, 0.29) is 17.8 Å². The monoisotopic (exact) mass is 468 g/mol. The van der Waals surface area contributed by atoms with E-state index in [2.05, 4.69) is 15.3 Å². The minimum Gasteiger partial charge on any atom is -0.466 e.